The van der Waals surface area contributed by atoms with Crippen molar-refractivity contribution in [1.82, 2.24) is 4.98 Å². The van der Waals surface area contributed by atoms with Gasteiger partial charge in [0.15, 0.2) is 0 Å². The topological polar surface area (TPSA) is 51.7 Å². The van der Waals surface area contributed by atoms with Crippen LogP contribution < -0.4 is 14.4 Å². The number of rotatable bonds is 4. The average molecular weight is 312 g/mol. The van der Waals surface area contributed by atoms with Gasteiger partial charge in [-0.1, -0.05) is 12.1 Å². The number of methoxy groups -OCH3 is 1. The number of fused-ring (bicyclic) bond motifs is 1. The molecule has 0 radical (unpaired) electrons. The molecule has 3 rings (SSSR count). The zero-order chi connectivity index (χ0) is 16.2. The van der Waals surface area contributed by atoms with Gasteiger partial charge < -0.3 is 14.4 Å². The van der Waals surface area contributed by atoms with E-state index in [1.54, 1.807) is 19.5 Å². The summed E-state index contributed by atoms with van der Waals surface area (Å²) >= 11 is 0. The van der Waals surface area contributed by atoms with E-state index in [9.17, 15) is 4.79 Å². The normalized spacial score (nSPS) is 16.4. The lowest BCUT2D eigenvalue weighted by Crippen LogP contribution is -2.45. The van der Waals surface area contributed by atoms with Gasteiger partial charge in [-0.3, -0.25) is 9.78 Å². The molecule has 1 aromatic heterocycles. The van der Waals surface area contributed by atoms with Gasteiger partial charge in [0, 0.05) is 12.6 Å². The lowest BCUT2D eigenvalue weighted by Gasteiger charge is -2.35. The fraction of sp³-hybridized carbons (Fsp3) is 0.333. The highest BCUT2D eigenvalue weighted by molar-refractivity contribution is 5.96. The van der Waals surface area contributed by atoms with Crippen molar-refractivity contribution in [3.05, 3.63) is 48.3 Å². The van der Waals surface area contributed by atoms with E-state index in [2.05, 4.69) is 4.98 Å². The van der Waals surface area contributed by atoms with Gasteiger partial charge in [-0.15, -0.1) is 0 Å². The molecule has 0 bridgehead atoms. The first-order valence-corrected chi connectivity index (χ1v) is 7.71. The molecule has 0 spiro atoms. The highest BCUT2D eigenvalue weighted by Gasteiger charge is 2.28. The summed E-state index contributed by atoms with van der Waals surface area (Å²) in [6.07, 6.45) is 4.49. The molecule has 2 heterocycles. The van der Waals surface area contributed by atoms with Crippen LogP contribution in [0.3, 0.4) is 0 Å². The zero-order valence-electron chi connectivity index (χ0n) is 13.4. The van der Waals surface area contributed by atoms with E-state index in [-0.39, 0.29) is 11.9 Å². The molecule has 23 heavy (non-hydrogen) atoms. The maximum Gasteiger partial charge on any atom is 0.227 e. The van der Waals surface area contributed by atoms with Crippen LogP contribution in [0.2, 0.25) is 0 Å². The third-order valence-electron chi connectivity index (χ3n) is 3.95. The van der Waals surface area contributed by atoms with Crippen LogP contribution in [0.25, 0.3) is 0 Å². The van der Waals surface area contributed by atoms with Gasteiger partial charge in [0.2, 0.25) is 5.91 Å². The quantitative estimate of drug-likeness (QED) is 0.871. The number of benzene rings is 1. The number of ether oxygens (including phenoxy) is 2. The average Bonchev–Trinajstić information content (AvgIpc) is 2.59. The molecular formula is C18H20N2O3. The second-order valence-corrected chi connectivity index (χ2v) is 5.62. The Balaban J connectivity index is 1.73. The van der Waals surface area contributed by atoms with Gasteiger partial charge >= 0.3 is 0 Å². The molecule has 5 nitrogen and oxygen atoms in total. The van der Waals surface area contributed by atoms with Gasteiger partial charge in [-0.2, -0.15) is 0 Å². The molecule has 0 unspecified atom stereocenters. The number of para-hydroxylation sites is 2. The van der Waals surface area contributed by atoms with Crippen LogP contribution in [0.4, 0.5) is 5.69 Å². The number of carbonyl (C=O) groups excluding carboxylic acids is 1. The van der Waals surface area contributed by atoms with Gasteiger partial charge in [0.05, 0.1) is 25.0 Å². The highest BCUT2D eigenvalue weighted by atomic mass is 16.5. The first kappa shape index (κ1) is 15.3. The second kappa shape index (κ2) is 6.69. The molecule has 1 aromatic carbocycles. The standard InChI is InChI=1S/C18H20N2O3/c1-13-12-23-17-6-4-3-5-16(17)20(13)18(21)8-7-14-9-15(22-2)11-19-10-14/h3-6,9-11,13H,7-8,12H2,1-2H3/t13-/m0/s1. The molecular weight excluding hydrogens is 292 g/mol. The molecule has 0 aliphatic carbocycles. The Labute approximate surface area is 135 Å². The molecule has 2 aromatic rings. The molecule has 0 saturated heterocycles. The molecule has 0 saturated carbocycles. The number of carbonyl (C=O) groups is 1. The maximum atomic E-state index is 12.7. The predicted octanol–water partition coefficient (Wildman–Crippen LogP) is 2.84. The number of aryl methyl sites for hydroxylation is 1. The van der Waals surface area contributed by atoms with Gasteiger partial charge in [0.1, 0.15) is 18.1 Å². The van der Waals surface area contributed by atoms with E-state index in [0.29, 0.717) is 25.2 Å². The molecule has 0 N–H and O–H groups in total. The zero-order valence-corrected chi connectivity index (χ0v) is 13.4. The Bertz CT molecular complexity index is 702. The van der Waals surface area contributed by atoms with Crippen LogP contribution in [0, 0.1) is 0 Å². The summed E-state index contributed by atoms with van der Waals surface area (Å²) in [5, 5.41) is 0. The first-order valence-electron chi connectivity index (χ1n) is 7.71. The van der Waals surface area contributed by atoms with Crippen LogP contribution in [0.1, 0.15) is 18.9 Å². The molecule has 1 atom stereocenters. The summed E-state index contributed by atoms with van der Waals surface area (Å²) in [4.78, 5) is 18.7. The van der Waals surface area contributed by atoms with Crippen LogP contribution in [0.5, 0.6) is 11.5 Å². The minimum absolute atomic E-state index is 0.0286. The number of nitrogens with zero attached hydrogens (tertiary/aromatic N) is 2. The molecule has 1 amide bonds. The molecule has 1 aliphatic heterocycles. The van der Waals surface area contributed by atoms with Crippen LogP contribution in [-0.2, 0) is 11.2 Å². The van der Waals surface area contributed by atoms with Crippen molar-refractivity contribution in [2.75, 3.05) is 18.6 Å². The Kier molecular flexibility index (Phi) is 4.46. The number of hydrogen-bond acceptors (Lipinski definition) is 4. The Morgan fingerprint density at radius 1 is 1.39 bits per heavy atom. The van der Waals surface area contributed by atoms with Crippen molar-refractivity contribution in [3.8, 4) is 11.5 Å². The summed E-state index contributed by atoms with van der Waals surface area (Å²) in [6.45, 7) is 2.52. The summed E-state index contributed by atoms with van der Waals surface area (Å²) < 4.78 is 10.9. The van der Waals surface area contributed by atoms with E-state index in [1.807, 2.05) is 42.2 Å². The van der Waals surface area contributed by atoms with E-state index in [4.69, 9.17) is 9.47 Å². The summed E-state index contributed by atoms with van der Waals surface area (Å²) in [6, 6.07) is 9.60. The first-order chi connectivity index (χ1) is 11.2. The lowest BCUT2D eigenvalue weighted by atomic mass is 10.1. The van der Waals surface area contributed by atoms with Crippen molar-refractivity contribution in [1.29, 1.82) is 0 Å². The fourth-order valence-electron chi connectivity index (χ4n) is 2.76. The molecule has 5 heteroatoms. The van der Waals surface area contributed by atoms with Crippen LogP contribution in [0.15, 0.2) is 42.7 Å². The largest absolute Gasteiger partial charge is 0.495 e. The minimum Gasteiger partial charge on any atom is -0.495 e. The van der Waals surface area contributed by atoms with Crippen molar-refractivity contribution >= 4 is 11.6 Å². The van der Waals surface area contributed by atoms with Crippen molar-refractivity contribution in [2.24, 2.45) is 0 Å². The van der Waals surface area contributed by atoms with Gasteiger partial charge in [-0.05, 0) is 37.1 Å². The molecule has 120 valence electrons. The van der Waals surface area contributed by atoms with Crippen molar-refractivity contribution in [3.63, 3.8) is 0 Å². The third kappa shape index (κ3) is 3.28. The Hall–Kier alpha value is -2.56. The predicted molar refractivity (Wildman–Crippen MR) is 88.0 cm³/mol. The summed E-state index contributed by atoms with van der Waals surface area (Å²) in [5.74, 6) is 1.57. The van der Waals surface area contributed by atoms with E-state index < -0.39 is 0 Å². The van der Waals surface area contributed by atoms with E-state index in [0.717, 1.165) is 17.0 Å². The summed E-state index contributed by atoms with van der Waals surface area (Å²) in [5.41, 5.74) is 1.84. The Morgan fingerprint density at radius 2 is 2.22 bits per heavy atom. The lowest BCUT2D eigenvalue weighted by molar-refractivity contribution is -0.119. The molecule has 0 fully saturated rings. The van der Waals surface area contributed by atoms with Gasteiger partial charge in [0.25, 0.3) is 0 Å². The third-order valence-corrected chi connectivity index (χ3v) is 3.95. The second-order valence-electron chi connectivity index (χ2n) is 5.62. The smallest absolute Gasteiger partial charge is 0.227 e. The fourth-order valence-corrected chi connectivity index (χ4v) is 2.76. The van der Waals surface area contributed by atoms with E-state index in [1.165, 1.54) is 0 Å². The SMILES string of the molecule is COc1cncc(CCC(=O)N2c3ccccc3OC[C@@H]2C)c1. The summed E-state index contributed by atoms with van der Waals surface area (Å²) in [7, 11) is 1.61. The number of hydrogen-bond donors (Lipinski definition) is 0. The van der Waals surface area contributed by atoms with Crippen LogP contribution >= 0.6 is 0 Å². The number of aromatic nitrogens is 1. The van der Waals surface area contributed by atoms with Crippen molar-refractivity contribution in [2.45, 2.75) is 25.8 Å². The van der Waals surface area contributed by atoms with Crippen molar-refractivity contribution < 1.29 is 14.3 Å². The van der Waals surface area contributed by atoms with Crippen LogP contribution in [-0.4, -0.2) is 30.6 Å². The Morgan fingerprint density at radius 3 is 3.04 bits per heavy atom. The minimum atomic E-state index is 0.0286. The maximum absolute atomic E-state index is 12.7. The number of amides is 1. The number of anilines is 1. The highest BCUT2D eigenvalue weighted by Crippen LogP contribution is 2.34. The molecule has 1 aliphatic rings. The van der Waals surface area contributed by atoms with E-state index >= 15 is 0 Å². The number of pyridine rings is 1. The monoisotopic (exact) mass is 312 g/mol. The van der Waals surface area contributed by atoms with Gasteiger partial charge in [-0.25, -0.2) is 0 Å².